The maximum absolute atomic E-state index is 9.22. The van der Waals surface area contributed by atoms with Gasteiger partial charge in [0.25, 0.3) is 0 Å². The zero-order valence-corrected chi connectivity index (χ0v) is 16.8. The predicted molar refractivity (Wildman–Crippen MR) is 96.1 cm³/mol. The molecule has 5 nitrogen and oxygen atoms in total. The van der Waals surface area contributed by atoms with Gasteiger partial charge in [0.15, 0.2) is 0 Å². The lowest BCUT2D eigenvalue weighted by molar-refractivity contribution is -0.929. The normalized spacial score (nSPS) is 11.9. The third kappa shape index (κ3) is 16.5. The number of unbranched alkanes of at least 4 members (excludes halogenated alkanes) is 4. The average Bonchev–Trinajstić information content (AvgIpc) is 2.53. The Kier molecular flexibility index (Phi) is 16.7. The molecule has 23 heavy (non-hydrogen) atoms. The van der Waals surface area contributed by atoms with E-state index in [1.807, 2.05) is 0 Å². The van der Waals surface area contributed by atoms with Gasteiger partial charge >= 0.3 is 0 Å². The number of rotatable bonds is 13. The predicted octanol–water partition coefficient (Wildman–Crippen LogP) is 4.10. The third-order valence-electron chi connectivity index (χ3n) is 4.15. The van der Waals surface area contributed by atoms with Gasteiger partial charge in [0, 0.05) is 0 Å². The fourth-order valence-corrected chi connectivity index (χ4v) is 2.64. The van der Waals surface area contributed by atoms with Crippen LogP contribution in [0.15, 0.2) is 0 Å². The highest BCUT2D eigenvalue weighted by molar-refractivity contribution is 7.80. The SMILES string of the molecule is CCCC[N+](CCCC)(CCCC)CCCC.COS(=O)(=O)[O-]. The summed E-state index contributed by atoms with van der Waals surface area (Å²) in [5.74, 6) is 0. The molecular weight excluding hydrogens is 314 g/mol. The summed E-state index contributed by atoms with van der Waals surface area (Å²) in [7, 11) is -3.60. The molecule has 0 aliphatic carbocycles. The first kappa shape index (κ1) is 25.1. The van der Waals surface area contributed by atoms with E-state index in [4.69, 9.17) is 0 Å². The highest BCUT2D eigenvalue weighted by atomic mass is 32.3. The van der Waals surface area contributed by atoms with Gasteiger partial charge in [-0.15, -0.1) is 0 Å². The molecule has 0 radical (unpaired) electrons. The van der Waals surface area contributed by atoms with Crippen LogP contribution in [0.4, 0.5) is 0 Å². The highest BCUT2D eigenvalue weighted by Crippen LogP contribution is 2.16. The van der Waals surface area contributed by atoms with E-state index >= 15 is 0 Å². The largest absolute Gasteiger partial charge is 0.726 e. The van der Waals surface area contributed by atoms with Crippen LogP contribution >= 0.6 is 0 Å². The minimum Gasteiger partial charge on any atom is -0.726 e. The standard InChI is InChI=1S/C16H36N.CH4O4S/c1-5-9-13-17(14-10-6-2,15-11-7-3)16-12-8-4;1-5-6(2,3)4/h5-16H2,1-4H3;1H3,(H,2,3,4)/q+1;/p-1. The Morgan fingerprint density at radius 2 is 0.957 bits per heavy atom. The van der Waals surface area contributed by atoms with Crippen molar-refractivity contribution in [1.82, 2.24) is 0 Å². The first-order valence-electron chi connectivity index (χ1n) is 9.17. The monoisotopic (exact) mass is 353 g/mol. The van der Waals surface area contributed by atoms with Crippen molar-refractivity contribution in [3.63, 3.8) is 0 Å². The van der Waals surface area contributed by atoms with Crippen molar-refractivity contribution in [2.75, 3.05) is 33.3 Å². The topological polar surface area (TPSA) is 66.4 Å². The molecule has 0 bridgehead atoms. The summed E-state index contributed by atoms with van der Waals surface area (Å²) in [6, 6.07) is 0. The van der Waals surface area contributed by atoms with Gasteiger partial charge in [-0.25, -0.2) is 8.42 Å². The Balaban J connectivity index is 0. The van der Waals surface area contributed by atoms with Gasteiger partial charge in [-0.05, 0) is 25.7 Å². The van der Waals surface area contributed by atoms with Gasteiger partial charge < -0.3 is 9.04 Å². The molecule has 0 rings (SSSR count). The van der Waals surface area contributed by atoms with E-state index in [-0.39, 0.29) is 0 Å². The van der Waals surface area contributed by atoms with Crippen LogP contribution in [0, 0.1) is 0 Å². The molecule has 0 amide bonds. The van der Waals surface area contributed by atoms with Crippen molar-refractivity contribution in [2.45, 2.75) is 79.1 Å². The second-order valence-electron chi connectivity index (χ2n) is 6.23. The quantitative estimate of drug-likeness (QED) is 0.284. The van der Waals surface area contributed by atoms with E-state index in [0.29, 0.717) is 0 Å². The molecule has 0 saturated heterocycles. The first-order valence-corrected chi connectivity index (χ1v) is 10.5. The Hall–Kier alpha value is -0.170. The fraction of sp³-hybridized carbons (Fsp3) is 1.00. The fourth-order valence-electron chi connectivity index (χ4n) is 2.64. The number of hydrogen-bond donors (Lipinski definition) is 0. The van der Waals surface area contributed by atoms with E-state index in [1.165, 1.54) is 82.0 Å². The summed E-state index contributed by atoms with van der Waals surface area (Å²) < 4.78 is 32.4. The summed E-state index contributed by atoms with van der Waals surface area (Å²) in [6.07, 6.45) is 11.1. The van der Waals surface area contributed by atoms with Crippen molar-refractivity contribution in [3.8, 4) is 0 Å². The van der Waals surface area contributed by atoms with E-state index in [9.17, 15) is 13.0 Å². The molecule has 0 aliphatic rings. The van der Waals surface area contributed by atoms with Crippen LogP contribution in [-0.4, -0.2) is 50.7 Å². The van der Waals surface area contributed by atoms with Crippen molar-refractivity contribution in [1.29, 1.82) is 0 Å². The maximum atomic E-state index is 9.22. The van der Waals surface area contributed by atoms with Gasteiger partial charge in [0.05, 0.1) is 33.3 Å². The second kappa shape index (κ2) is 15.4. The van der Waals surface area contributed by atoms with Crippen molar-refractivity contribution in [3.05, 3.63) is 0 Å². The lowest BCUT2D eigenvalue weighted by Crippen LogP contribution is -2.50. The van der Waals surface area contributed by atoms with E-state index < -0.39 is 10.4 Å². The van der Waals surface area contributed by atoms with Gasteiger partial charge in [-0.1, -0.05) is 53.4 Å². The molecule has 0 unspecified atom stereocenters. The van der Waals surface area contributed by atoms with Crippen LogP contribution < -0.4 is 0 Å². The maximum Gasteiger partial charge on any atom is 0.217 e. The molecule has 6 heteroatoms. The molecule has 0 atom stereocenters. The molecule has 0 fully saturated rings. The molecule has 0 aromatic heterocycles. The molecular formula is C17H39NO4S. The van der Waals surface area contributed by atoms with E-state index in [1.54, 1.807) is 0 Å². The van der Waals surface area contributed by atoms with Crippen LogP contribution in [0.25, 0.3) is 0 Å². The summed E-state index contributed by atoms with van der Waals surface area (Å²) in [5.41, 5.74) is 0. The average molecular weight is 354 g/mol. The number of quaternary nitrogens is 1. The van der Waals surface area contributed by atoms with Crippen molar-refractivity contribution in [2.24, 2.45) is 0 Å². The van der Waals surface area contributed by atoms with Crippen LogP contribution in [0.2, 0.25) is 0 Å². The minimum atomic E-state index is -4.41. The third-order valence-corrected chi connectivity index (χ3v) is 4.56. The smallest absolute Gasteiger partial charge is 0.217 e. The zero-order chi connectivity index (χ0) is 18.2. The van der Waals surface area contributed by atoms with Crippen LogP contribution in [0.5, 0.6) is 0 Å². The number of nitrogens with zero attached hydrogens (tertiary/aromatic N) is 1. The van der Waals surface area contributed by atoms with E-state index in [2.05, 4.69) is 31.9 Å². The van der Waals surface area contributed by atoms with Crippen molar-refractivity contribution >= 4 is 10.4 Å². The Labute approximate surface area is 145 Å². The van der Waals surface area contributed by atoms with Gasteiger partial charge in [0.2, 0.25) is 10.4 Å². The molecule has 142 valence electrons. The van der Waals surface area contributed by atoms with Crippen LogP contribution in [0.3, 0.4) is 0 Å². The highest BCUT2D eigenvalue weighted by Gasteiger charge is 2.24. The second-order valence-corrected chi connectivity index (χ2v) is 7.38. The Bertz CT molecular complexity index is 307. The van der Waals surface area contributed by atoms with Crippen LogP contribution in [-0.2, 0) is 14.6 Å². The summed E-state index contributed by atoms with van der Waals surface area (Å²) in [6.45, 7) is 15.0. The summed E-state index contributed by atoms with van der Waals surface area (Å²) >= 11 is 0. The lowest BCUT2D eigenvalue weighted by Gasteiger charge is -2.39. The number of hydrogen-bond acceptors (Lipinski definition) is 4. The molecule has 0 aliphatic heterocycles. The molecule has 0 saturated carbocycles. The Morgan fingerprint density at radius 1 is 0.739 bits per heavy atom. The molecule has 0 N–H and O–H groups in total. The summed E-state index contributed by atoms with van der Waals surface area (Å²) in [5, 5.41) is 0. The van der Waals surface area contributed by atoms with Crippen molar-refractivity contribution < 1.29 is 21.6 Å². The summed E-state index contributed by atoms with van der Waals surface area (Å²) in [4.78, 5) is 0. The van der Waals surface area contributed by atoms with Gasteiger partial charge in [0.1, 0.15) is 0 Å². The van der Waals surface area contributed by atoms with E-state index in [0.717, 1.165) is 7.11 Å². The van der Waals surface area contributed by atoms with Gasteiger partial charge in [-0.3, -0.25) is 4.18 Å². The Morgan fingerprint density at radius 3 is 1.09 bits per heavy atom. The molecule has 0 spiro atoms. The lowest BCUT2D eigenvalue weighted by atomic mass is 10.1. The molecule has 0 aromatic carbocycles. The zero-order valence-electron chi connectivity index (χ0n) is 16.0. The molecule has 0 heterocycles. The minimum absolute atomic E-state index is 0.808. The van der Waals surface area contributed by atoms with Crippen LogP contribution in [0.1, 0.15) is 79.1 Å². The molecule has 0 aromatic rings. The first-order chi connectivity index (χ1) is 10.8. The van der Waals surface area contributed by atoms with Gasteiger partial charge in [-0.2, -0.15) is 0 Å².